The first-order valence-corrected chi connectivity index (χ1v) is 9.01. The van der Waals surface area contributed by atoms with Crippen molar-refractivity contribution in [3.8, 4) is 11.5 Å². The second kappa shape index (κ2) is 7.15. The van der Waals surface area contributed by atoms with Crippen LogP contribution < -0.4 is 14.8 Å². The fourth-order valence-electron chi connectivity index (χ4n) is 3.47. The van der Waals surface area contributed by atoms with Gasteiger partial charge in [0.05, 0.1) is 20.4 Å². The number of amides is 3. The molecular weight excluding hydrogens is 334 g/mol. The van der Waals surface area contributed by atoms with E-state index in [0.717, 1.165) is 18.4 Å². The van der Waals surface area contributed by atoms with E-state index in [1.54, 1.807) is 7.11 Å². The summed E-state index contributed by atoms with van der Waals surface area (Å²) in [5.74, 6) is 1.52. The van der Waals surface area contributed by atoms with E-state index in [0.29, 0.717) is 24.7 Å². The van der Waals surface area contributed by atoms with Crippen LogP contribution in [0.25, 0.3) is 0 Å². The summed E-state index contributed by atoms with van der Waals surface area (Å²) in [7, 11) is 3.49. The monoisotopic (exact) mass is 361 g/mol. The highest BCUT2D eigenvalue weighted by Crippen LogP contribution is 2.42. The van der Waals surface area contributed by atoms with Crippen LogP contribution in [0.1, 0.15) is 32.3 Å². The molecule has 0 aromatic heterocycles. The quantitative estimate of drug-likeness (QED) is 0.719. The van der Waals surface area contributed by atoms with Crippen LogP contribution in [0.5, 0.6) is 11.5 Å². The lowest BCUT2D eigenvalue weighted by Crippen LogP contribution is -2.46. The van der Waals surface area contributed by atoms with E-state index in [1.165, 1.54) is 4.90 Å². The van der Waals surface area contributed by atoms with Gasteiger partial charge in [-0.25, -0.2) is 9.69 Å². The molecular formula is C19H27N3O4. The predicted octanol–water partition coefficient (Wildman–Crippen LogP) is 2.20. The maximum atomic E-state index is 12.7. The lowest BCUT2D eigenvalue weighted by Gasteiger charge is -2.24. The van der Waals surface area contributed by atoms with Gasteiger partial charge in [-0.05, 0) is 57.4 Å². The van der Waals surface area contributed by atoms with Gasteiger partial charge in [0.2, 0.25) is 0 Å². The predicted molar refractivity (Wildman–Crippen MR) is 97.0 cm³/mol. The number of nitrogens with zero attached hydrogens (tertiary/aromatic N) is 2. The van der Waals surface area contributed by atoms with Crippen molar-refractivity contribution in [2.45, 2.75) is 38.8 Å². The number of carbonyl (C=O) groups is 2. The minimum Gasteiger partial charge on any atom is -0.493 e. The number of urea groups is 1. The first-order chi connectivity index (χ1) is 12.4. The SMILES string of the molecule is CCOc1ccc(CN(C)CN2C(=O)N[C@@](C)(C3CC3)C2=O)cc1OC. The third-order valence-electron chi connectivity index (χ3n) is 5.06. The molecule has 1 saturated heterocycles. The lowest BCUT2D eigenvalue weighted by molar-refractivity contribution is -0.132. The molecule has 142 valence electrons. The summed E-state index contributed by atoms with van der Waals surface area (Å²) in [6.45, 7) is 5.17. The Morgan fingerprint density at radius 2 is 2.04 bits per heavy atom. The summed E-state index contributed by atoms with van der Waals surface area (Å²) < 4.78 is 10.9. The Hall–Kier alpha value is -2.28. The Morgan fingerprint density at radius 1 is 1.31 bits per heavy atom. The maximum absolute atomic E-state index is 12.7. The Morgan fingerprint density at radius 3 is 2.65 bits per heavy atom. The van der Waals surface area contributed by atoms with Gasteiger partial charge in [-0.2, -0.15) is 0 Å². The topological polar surface area (TPSA) is 71.1 Å². The number of benzene rings is 1. The maximum Gasteiger partial charge on any atom is 0.326 e. The van der Waals surface area contributed by atoms with Crippen molar-refractivity contribution in [2.24, 2.45) is 5.92 Å². The fraction of sp³-hybridized carbons (Fsp3) is 0.579. The van der Waals surface area contributed by atoms with Crippen molar-refractivity contribution in [1.82, 2.24) is 15.1 Å². The molecule has 1 saturated carbocycles. The summed E-state index contributed by atoms with van der Waals surface area (Å²) in [6.07, 6.45) is 2.00. The average Bonchev–Trinajstić information content (AvgIpc) is 3.43. The van der Waals surface area contributed by atoms with Crippen molar-refractivity contribution in [1.29, 1.82) is 0 Å². The molecule has 1 aliphatic carbocycles. The van der Waals surface area contributed by atoms with E-state index in [4.69, 9.17) is 9.47 Å². The van der Waals surface area contributed by atoms with Gasteiger partial charge in [0.25, 0.3) is 5.91 Å². The molecule has 7 nitrogen and oxygen atoms in total. The van der Waals surface area contributed by atoms with E-state index < -0.39 is 5.54 Å². The van der Waals surface area contributed by atoms with Crippen molar-refractivity contribution in [2.75, 3.05) is 27.4 Å². The molecule has 2 aliphatic rings. The van der Waals surface area contributed by atoms with Gasteiger partial charge in [-0.3, -0.25) is 9.69 Å². The highest BCUT2D eigenvalue weighted by Gasteiger charge is 2.56. The standard InChI is InChI=1S/C19H27N3O4/c1-5-26-15-9-6-13(10-16(15)25-4)11-21(3)12-22-17(23)19(2,14-7-8-14)20-18(22)24/h6,9-10,14H,5,7-8,11-12H2,1-4H3,(H,20,24)/t19-/m0/s1. The van der Waals surface area contributed by atoms with Gasteiger partial charge >= 0.3 is 6.03 Å². The second-order valence-corrected chi connectivity index (χ2v) is 7.21. The first kappa shape index (κ1) is 18.5. The molecule has 0 unspecified atom stereocenters. The van der Waals surface area contributed by atoms with Crippen LogP contribution in [-0.4, -0.2) is 54.7 Å². The zero-order valence-corrected chi connectivity index (χ0v) is 15.9. The lowest BCUT2D eigenvalue weighted by atomic mass is 9.96. The number of methoxy groups -OCH3 is 1. The van der Waals surface area contributed by atoms with Crippen LogP contribution in [0.3, 0.4) is 0 Å². The number of hydrogen-bond donors (Lipinski definition) is 1. The Labute approximate surface area is 154 Å². The van der Waals surface area contributed by atoms with Gasteiger partial charge in [0, 0.05) is 6.54 Å². The summed E-state index contributed by atoms with van der Waals surface area (Å²) >= 11 is 0. The summed E-state index contributed by atoms with van der Waals surface area (Å²) in [6, 6.07) is 5.45. The summed E-state index contributed by atoms with van der Waals surface area (Å²) in [5.41, 5.74) is 0.283. The Kier molecular flexibility index (Phi) is 5.09. The zero-order valence-electron chi connectivity index (χ0n) is 15.9. The van der Waals surface area contributed by atoms with Crippen molar-refractivity contribution in [3.63, 3.8) is 0 Å². The van der Waals surface area contributed by atoms with E-state index in [2.05, 4.69) is 5.32 Å². The highest BCUT2D eigenvalue weighted by molar-refractivity contribution is 6.07. The third kappa shape index (κ3) is 3.49. The normalized spacial score (nSPS) is 22.7. The van der Waals surface area contributed by atoms with Crippen molar-refractivity contribution in [3.05, 3.63) is 23.8 Å². The van der Waals surface area contributed by atoms with Crippen molar-refractivity contribution >= 4 is 11.9 Å². The number of imide groups is 1. The van der Waals surface area contributed by atoms with E-state index in [1.807, 2.05) is 44.0 Å². The summed E-state index contributed by atoms with van der Waals surface area (Å²) in [5, 5.41) is 2.88. The fourth-order valence-corrected chi connectivity index (χ4v) is 3.47. The van der Waals surface area contributed by atoms with Crippen molar-refractivity contribution < 1.29 is 19.1 Å². The number of ether oxygens (including phenoxy) is 2. The van der Waals surface area contributed by atoms with Crippen LogP contribution in [0.15, 0.2) is 18.2 Å². The molecule has 1 N–H and O–H groups in total. The molecule has 1 heterocycles. The summed E-state index contributed by atoms with van der Waals surface area (Å²) in [4.78, 5) is 28.2. The largest absolute Gasteiger partial charge is 0.493 e. The van der Waals surface area contributed by atoms with Crippen LogP contribution in [-0.2, 0) is 11.3 Å². The number of carbonyl (C=O) groups excluding carboxylic acids is 2. The minimum atomic E-state index is -0.736. The smallest absolute Gasteiger partial charge is 0.326 e. The van der Waals surface area contributed by atoms with E-state index >= 15 is 0 Å². The highest BCUT2D eigenvalue weighted by atomic mass is 16.5. The third-order valence-corrected chi connectivity index (χ3v) is 5.06. The molecule has 1 aliphatic heterocycles. The molecule has 7 heteroatoms. The molecule has 0 spiro atoms. The Balaban J connectivity index is 1.64. The second-order valence-electron chi connectivity index (χ2n) is 7.21. The number of hydrogen-bond acceptors (Lipinski definition) is 5. The molecule has 0 bridgehead atoms. The van der Waals surface area contributed by atoms with E-state index in [-0.39, 0.29) is 24.5 Å². The van der Waals surface area contributed by atoms with Crippen LogP contribution in [0.4, 0.5) is 4.79 Å². The average molecular weight is 361 g/mol. The van der Waals surface area contributed by atoms with Crippen LogP contribution in [0.2, 0.25) is 0 Å². The van der Waals surface area contributed by atoms with Crippen LogP contribution in [0, 0.1) is 5.92 Å². The van der Waals surface area contributed by atoms with Gasteiger partial charge in [-0.1, -0.05) is 6.07 Å². The molecule has 2 fully saturated rings. The molecule has 3 rings (SSSR count). The molecule has 26 heavy (non-hydrogen) atoms. The molecule has 3 amide bonds. The zero-order chi connectivity index (χ0) is 18.9. The van der Waals surface area contributed by atoms with Gasteiger partial charge in [0.15, 0.2) is 11.5 Å². The molecule has 0 radical (unpaired) electrons. The number of nitrogens with one attached hydrogen (secondary N) is 1. The van der Waals surface area contributed by atoms with Crippen LogP contribution >= 0.6 is 0 Å². The van der Waals surface area contributed by atoms with E-state index in [9.17, 15) is 9.59 Å². The minimum absolute atomic E-state index is 0.124. The van der Waals surface area contributed by atoms with Gasteiger partial charge < -0.3 is 14.8 Å². The molecule has 1 atom stereocenters. The first-order valence-electron chi connectivity index (χ1n) is 9.01. The number of rotatable bonds is 8. The Bertz CT molecular complexity index is 704. The van der Waals surface area contributed by atoms with Gasteiger partial charge in [-0.15, -0.1) is 0 Å². The molecule has 1 aromatic carbocycles. The molecule has 1 aromatic rings. The van der Waals surface area contributed by atoms with Gasteiger partial charge in [0.1, 0.15) is 5.54 Å².